The molecule has 7 heteroatoms. The van der Waals surface area contributed by atoms with E-state index < -0.39 is 0 Å². The number of aliphatic imine (C=N–C) groups is 1. The second-order valence-electron chi connectivity index (χ2n) is 9.02. The lowest BCUT2D eigenvalue weighted by Gasteiger charge is -2.54. The Balaban J connectivity index is 0.00000256. The first kappa shape index (κ1) is 23.4. The van der Waals surface area contributed by atoms with E-state index in [0.29, 0.717) is 31.2 Å². The molecule has 4 rings (SSSR count). The second kappa shape index (κ2) is 9.51. The molecule has 0 amide bonds. The number of nitrogens with zero attached hydrogens (tertiary/aromatic N) is 1. The van der Waals surface area contributed by atoms with Crippen LogP contribution in [0.25, 0.3) is 0 Å². The minimum absolute atomic E-state index is 0. The molecule has 0 aromatic heterocycles. The fraction of sp³-hybridized carbons (Fsp3) is 0.696. The van der Waals surface area contributed by atoms with Crippen LogP contribution >= 0.6 is 24.0 Å². The van der Waals surface area contributed by atoms with Gasteiger partial charge in [0.2, 0.25) is 0 Å². The summed E-state index contributed by atoms with van der Waals surface area (Å²) in [6.45, 7) is 13.7. The van der Waals surface area contributed by atoms with Crippen LogP contribution in [0, 0.1) is 11.3 Å². The maximum absolute atomic E-state index is 5.95. The van der Waals surface area contributed by atoms with Gasteiger partial charge in [-0.2, -0.15) is 0 Å². The molecule has 3 aliphatic rings. The Bertz CT molecular complexity index is 783. The Morgan fingerprint density at radius 2 is 2.10 bits per heavy atom. The molecule has 1 aliphatic carbocycles. The standard InChI is InChI=1S/C23H35N3O3.HI/c1-6-24-22(26-20-17-8-9-28-21(17)23(20,4)5)25-13-16-12-19-15(10-14(3)29-19)11-18(16)27-7-2;/h11-12,14,17,20-21H,6-10,13H2,1-5H3,(H2,24,25,26);1H. The minimum Gasteiger partial charge on any atom is -0.494 e. The summed E-state index contributed by atoms with van der Waals surface area (Å²) in [5, 5.41) is 7.09. The molecule has 4 unspecified atom stereocenters. The summed E-state index contributed by atoms with van der Waals surface area (Å²) in [5.74, 6) is 3.31. The molecule has 1 saturated heterocycles. The van der Waals surface area contributed by atoms with Gasteiger partial charge < -0.3 is 24.8 Å². The van der Waals surface area contributed by atoms with Gasteiger partial charge in [0.15, 0.2) is 5.96 Å². The lowest BCUT2D eigenvalue weighted by Crippen LogP contribution is -2.67. The molecule has 0 spiro atoms. The van der Waals surface area contributed by atoms with E-state index in [0.717, 1.165) is 49.0 Å². The largest absolute Gasteiger partial charge is 0.494 e. The molecule has 2 heterocycles. The number of hydrogen-bond acceptors (Lipinski definition) is 4. The molecular weight excluding hydrogens is 493 g/mol. The van der Waals surface area contributed by atoms with Crippen molar-refractivity contribution in [3.05, 3.63) is 23.3 Å². The predicted octanol–water partition coefficient (Wildman–Crippen LogP) is 3.90. The third-order valence-corrected chi connectivity index (χ3v) is 6.52. The third-order valence-electron chi connectivity index (χ3n) is 6.52. The van der Waals surface area contributed by atoms with Gasteiger partial charge in [-0.1, -0.05) is 13.8 Å². The van der Waals surface area contributed by atoms with Gasteiger partial charge in [-0.25, -0.2) is 4.99 Å². The number of rotatable bonds is 6. The van der Waals surface area contributed by atoms with Gasteiger partial charge >= 0.3 is 0 Å². The molecule has 4 atom stereocenters. The molecule has 6 nitrogen and oxygen atoms in total. The van der Waals surface area contributed by atoms with Crippen LogP contribution in [0.15, 0.2) is 17.1 Å². The fourth-order valence-corrected chi connectivity index (χ4v) is 5.14. The molecule has 2 fully saturated rings. The van der Waals surface area contributed by atoms with Crippen molar-refractivity contribution in [3.8, 4) is 11.5 Å². The number of guanidine groups is 1. The topological polar surface area (TPSA) is 64.1 Å². The van der Waals surface area contributed by atoms with Gasteiger partial charge in [-0.3, -0.25) is 0 Å². The van der Waals surface area contributed by atoms with Gasteiger partial charge in [0.05, 0.1) is 19.3 Å². The molecule has 30 heavy (non-hydrogen) atoms. The first-order valence-electron chi connectivity index (χ1n) is 11.1. The number of halogens is 1. The van der Waals surface area contributed by atoms with Crippen molar-refractivity contribution in [2.24, 2.45) is 16.3 Å². The SMILES string of the molecule is CCNC(=NCc1cc2c(cc1OCC)CC(C)O2)NC1C2CCOC2C1(C)C.I. The Morgan fingerprint density at radius 1 is 1.30 bits per heavy atom. The normalized spacial score (nSPS) is 28.5. The zero-order valence-corrected chi connectivity index (χ0v) is 21.1. The monoisotopic (exact) mass is 529 g/mol. The number of nitrogens with one attached hydrogen (secondary N) is 2. The Kier molecular flexibility index (Phi) is 7.43. The van der Waals surface area contributed by atoms with Crippen LogP contribution in [0.3, 0.4) is 0 Å². The summed E-state index contributed by atoms with van der Waals surface area (Å²) in [6, 6.07) is 4.61. The minimum atomic E-state index is 0. The predicted molar refractivity (Wildman–Crippen MR) is 130 cm³/mol. The van der Waals surface area contributed by atoms with Gasteiger partial charge in [-0.15, -0.1) is 24.0 Å². The van der Waals surface area contributed by atoms with E-state index in [1.54, 1.807) is 0 Å². The zero-order valence-electron chi connectivity index (χ0n) is 18.8. The van der Waals surface area contributed by atoms with Gasteiger partial charge in [-0.05, 0) is 39.3 Å². The summed E-state index contributed by atoms with van der Waals surface area (Å²) in [5.41, 5.74) is 2.40. The van der Waals surface area contributed by atoms with E-state index >= 15 is 0 Å². The summed E-state index contributed by atoms with van der Waals surface area (Å²) in [7, 11) is 0. The van der Waals surface area contributed by atoms with Crippen LogP contribution in [-0.4, -0.2) is 44.0 Å². The van der Waals surface area contributed by atoms with E-state index in [4.69, 9.17) is 19.2 Å². The average Bonchev–Trinajstić information content (AvgIpc) is 3.28. The summed E-state index contributed by atoms with van der Waals surface area (Å²) < 4.78 is 17.8. The maximum atomic E-state index is 5.95. The van der Waals surface area contributed by atoms with Crippen molar-refractivity contribution in [2.45, 2.75) is 72.3 Å². The highest BCUT2D eigenvalue weighted by Gasteiger charge is 2.59. The van der Waals surface area contributed by atoms with Crippen LogP contribution in [0.4, 0.5) is 0 Å². The first-order valence-corrected chi connectivity index (χ1v) is 11.1. The summed E-state index contributed by atoms with van der Waals surface area (Å²) >= 11 is 0. The van der Waals surface area contributed by atoms with Crippen molar-refractivity contribution in [1.82, 2.24) is 10.6 Å². The molecule has 2 aliphatic heterocycles. The van der Waals surface area contributed by atoms with Gasteiger partial charge in [0.25, 0.3) is 0 Å². The van der Waals surface area contributed by atoms with Crippen molar-refractivity contribution in [2.75, 3.05) is 19.8 Å². The molecule has 1 saturated carbocycles. The lowest BCUT2D eigenvalue weighted by atomic mass is 9.57. The maximum Gasteiger partial charge on any atom is 0.191 e. The first-order chi connectivity index (χ1) is 13.9. The molecule has 0 bridgehead atoms. The Morgan fingerprint density at radius 3 is 2.83 bits per heavy atom. The Labute approximate surface area is 197 Å². The highest BCUT2D eigenvalue weighted by Crippen LogP contribution is 2.52. The van der Waals surface area contributed by atoms with Crippen LogP contribution in [0.1, 0.15) is 52.2 Å². The smallest absolute Gasteiger partial charge is 0.191 e. The molecule has 1 aromatic carbocycles. The van der Waals surface area contributed by atoms with Crippen LogP contribution in [0.2, 0.25) is 0 Å². The highest BCUT2D eigenvalue weighted by atomic mass is 127. The van der Waals surface area contributed by atoms with E-state index in [1.807, 2.05) is 6.92 Å². The third kappa shape index (κ3) is 4.38. The highest BCUT2D eigenvalue weighted by molar-refractivity contribution is 14.0. The van der Waals surface area contributed by atoms with Gasteiger partial charge in [0, 0.05) is 48.1 Å². The number of hydrogen-bond donors (Lipinski definition) is 2. The van der Waals surface area contributed by atoms with E-state index in [1.165, 1.54) is 5.56 Å². The Hall–Kier alpha value is -1.22. The van der Waals surface area contributed by atoms with E-state index in [-0.39, 0.29) is 35.5 Å². The van der Waals surface area contributed by atoms with Crippen molar-refractivity contribution >= 4 is 29.9 Å². The van der Waals surface area contributed by atoms with Crippen LogP contribution < -0.4 is 20.1 Å². The lowest BCUT2D eigenvalue weighted by molar-refractivity contribution is -0.106. The number of benzene rings is 1. The van der Waals surface area contributed by atoms with Crippen molar-refractivity contribution in [1.29, 1.82) is 0 Å². The van der Waals surface area contributed by atoms with Crippen LogP contribution in [-0.2, 0) is 17.7 Å². The molecule has 2 N–H and O–H groups in total. The van der Waals surface area contributed by atoms with Crippen molar-refractivity contribution in [3.63, 3.8) is 0 Å². The average molecular weight is 529 g/mol. The summed E-state index contributed by atoms with van der Waals surface area (Å²) in [6.07, 6.45) is 2.65. The molecule has 1 aromatic rings. The number of fused-ring (bicyclic) bond motifs is 2. The second-order valence-corrected chi connectivity index (χ2v) is 9.02. The van der Waals surface area contributed by atoms with Crippen molar-refractivity contribution < 1.29 is 14.2 Å². The summed E-state index contributed by atoms with van der Waals surface area (Å²) in [4.78, 5) is 4.89. The molecular formula is C23H36IN3O3. The quantitative estimate of drug-likeness (QED) is 0.333. The number of ether oxygens (including phenoxy) is 3. The fourth-order valence-electron chi connectivity index (χ4n) is 5.14. The molecule has 168 valence electrons. The van der Waals surface area contributed by atoms with E-state index in [9.17, 15) is 0 Å². The molecule has 0 radical (unpaired) electrons. The van der Waals surface area contributed by atoms with E-state index in [2.05, 4.69) is 50.5 Å². The zero-order chi connectivity index (χ0) is 20.6. The van der Waals surface area contributed by atoms with Gasteiger partial charge in [0.1, 0.15) is 17.6 Å². The van der Waals surface area contributed by atoms with Crippen LogP contribution in [0.5, 0.6) is 11.5 Å².